The summed E-state index contributed by atoms with van der Waals surface area (Å²) < 4.78 is 12.4. The van der Waals surface area contributed by atoms with E-state index in [1.807, 2.05) is 47.8 Å². The Bertz CT molecular complexity index is 1270. The molecule has 4 nitrogen and oxygen atoms in total. The van der Waals surface area contributed by atoms with E-state index in [0.29, 0.717) is 6.61 Å². The van der Waals surface area contributed by atoms with Gasteiger partial charge in [-0.25, -0.2) is 0 Å². The molecule has 0 saturated carbocycles. The van der Waals surface area contributed by atoms with E-state index in [2.05, 4.69) is 29.2 Å². The number of carbonyl (C=O) groups is 1. The van der Waals surface area contributed by atoms with Crippen LogP contribution in [0.2, 0.25) is 0 Å². The van der Waals surface area contributed by atoms with Crippen LogP contribution >= 0.6 is 11.3 Å². The summed E-state index contributed by atoms with van der Waals surface area (Å²) in [6.07, 6.45) is 3.94. The highest BCUT2D eigenvalue weighted by Gasteiger charge is 2.15. The van der Waals surface area contributed by atoms with Crippen molar-refractivity contribution in [3.8, 4) is 28.4 Å². The molecular weight excluding hydrogens is 442 g/mol. The van der Waals surface area contributed by atoms with E-state index in [4.69, 9.17) is 9.47 Å². The predicted octanol–water partition coefficient (Wildman–Crippen LogP) is 7.43. The van der Waals surface area contributed by atoms with E-state index < -0.39 is 0 Å². The number of thiophene rings is 1. The number of nitrogens with zero attached hydrogens (tertiary/aromatic N) is 1. The fourth-order valence-electron chi connectivity index (χ4n) is 4.44. The van der Waals surface area contributed by atoms with E-state index in [1.165, 1.54) is 43.7 Å². The summed E-state index contributed by atoms with van der Waals surface area (Å²) in [4.78, 5) is 15.1. The molecule has 1 aliphatic heterocycles. The van der Waals surface area contributed by atoms with Gasteiger partial charge in [0.2, 0.25) is 0 Å². The number of ether oxygens (including phenoxy) is 2. The van der Waals surface area contributed by atoms with Gasteiger partial charge in [-0.1, -0.05) is 36.8 Å². The Morgan fingerprint density at radius 3 is 2.47 bits per heavy atom. The maximum atomic E-state index is 11.8. The van der Waals surface area contributed by atoms with Gasteiger partial charge in [-0.2, -0.15) is 0 Å². The number of fused-ring (bicyclic) bond motifs is 1. The summed E-state index contributed by atoms with van der Waals surface area (Å²) in [5, 5.41) is 4.17. The van der Waals surface area contributed by atoms with Gasteiger partial charge in [0.15, 0.2) is 5.78 Å². The van der Waals surface area contributed by atoms with Crippen molar-refractivity contribution in [3.05, 3.63) is 77.0 Å². The normalized spacial score (nSPS) is 14.3. The quantitative estimate of drug-likeness (QED) is 0.251. The molecule has 174 valence electrons. The van der Waals surface area contributed by atoms with E-state index in [0.717, 1.165) is 50.6 Å². The molecule has 2 heterocycles. The van der Waals surface area contributed by atoms with E-state index in [1.54, 1.807) is 6.92 Å². The molecule has 0 atom stereocenters. The van der Waals surface area contributed by atoms with Gasteiger partial charge in [-0.15, -0.1) is 11.3 Å². The first-order valence-corrected chi connectivity index (χ1v) is 12.8. The number of benzene rings is 3. The molecule has 0 bridgehead atoms. The molecule has 4 aromatic rings. The lowest BCUT2D eigenvalue weighted by Crippen LogP contribution is -2.33. The predicted molar refractivity (Wildman–Crippen MR) is 140 cm³/mol. The second-order valence-electron chi connectivity index (χ2n) is 8.74. The molecule has 3 aromatic carbocycles. The molecular formula is C29H29NO3S. The minimum Gasteiger partial charge on any atom is -0.492 e. The average Bonchev–Trinajstić information content (AvgIpc) is 3.37. The Hall–Kier alpha value is -3.15. The Morgan fingerprint density at radius 2 is 1.71 bits per heavy atom. The van der Waals surface area contributed by atoms with Crippen molar-refractivity contribution in [1.82, 2.24) is 4.90 Å². The van der Waals surface area contributed by atoms with Crippen LogP contribution in [0.4, 0.5) is 0 Å². The third-order valence-electron chi connectivity index (χ3n) is 6.31. The van der Waals surface area contributed by atoms with Crippen LogP contribution in [0.25, 0.3) is 21.9 Å². The largest absolute Gasteiger partial charge is 0.492 e. The smallest absolute Gasteiger partial charge is 0.169 e. The number of hydrogen-bond donors (Lipinski definition) is 0. The first-order chi connectivity index (χ1) is 16.7. The van der Waals surface area contributed by atoms with Crippen molar-refractivity contribution in [3.63, 3.8) is 0 Å². The van der Waals surface area contributed by atoms with Crippen LogP contribution in [0, 0.1) is 0 Å². The monoisotopic (exact) mass is 471 g/mol. The maximum absolute atomic E-state index is 11.8. The minimum atomic E-state index is 0.0791. The molecule has 0 aliphatic carbocycles. The van der Waals surface area contributed by atoms with Gasteiger partial charge in [0.25, 0.3) is 0 Å². The van der Waals surface area contributed by atoms with Crippen molar-refractivity contribution >= 4 is 27.9 Å². The molecule has 0 radical (unpaired) electrons. The highest BCUT2D eigenvalue weighted by molar-refractivity contribution is 7.12. The second kappa shape index (κ2) is 10.4. The van der Waals surface area contributed by atoms with Crippen LogP contribution in [0.3, 0.4) is 0 Å². The molecule has 5 rings (SSSR count). The second-order valence-corrected chi connectivity index (χ2v) is 9.65. The van der Waals surface area contributed by atoms with Gasteiger partial charge >= 0.3 is 0 Å². The molecule has 1 fully saturated rings. The van der Waals surface area contributed by atoms with Crippen LogP contribution in [0.5, 0.6) is 17.2 Å². The number of hydrogen-bond acceptors (Lipinski definition) is 5. The zero-order chi connectivity index (χ0) is 23.3. The molecule has 1 saturated heterocycles. The maximum Gasteiger partial charge on any atom is 0.169 e. The van der Waals surface area contributed by atoms with E-state index in [-0.39, 0.29) is 5.78 Å². The summed E-state index contributed by atoms with van der Waals surface area (Å²) in [5.74, 6) is 2.48. The Kier molecular flexibility index (Phi) is 6.93. The van der Waals surface area contributed by atoms with E-state index in [9.17, 15) is 4.79 Å². The van der Waals surface area contributed by atoms with Crippen LogP contribution in [-0.2, 0) is 0 Å². The summed E-state index contributed by atoms with van der Waals surface area (Å²) in [6, 6.07) is 22.2. The van der Waals surface area contributed by atoms with Gasteiger partial charge in [0.1, 0.15) is 23.9 Å². The molecule has 0 amide bonds. The first kappa shape index (κ1) is 22.6. The summed E-state index contributed by atoms with van der Waals surface area (Å²) >= 11 is 1.47. The fourth-order valence-corrected chi connectivity index (χ4v) is 5.25. The van der Waals surface area contributed by atoms with Crippen LogP contribution in [0.1, 0.15) is 35.9 Å². The van der Waals surface area contributed by atoms with Crippen molar-refractivity contribution in [1.29, 1.82) is 0 Å². The van der Waals surface area contributed by atoms with Crippen molar-refractivity contribution in [2.45, 2.75) is 26.2 Å². The third kappa shape index (κ3) is 5.16. The van der Waals surface area contributed by atoms with Gasteiger partial charge in [0.05, 0.1) is 4.88 Å². The lowest BCUT2D eigenvalue weighted by Gasteiger charge is -2.26. The topological polar surface area (TPSA) is 38.8 Å². The van der Waals surface area contributed by atoms with Gasteiger partial charge in [-0.05, 0) is 85.6 Å². The van der Waals surface area contributed by atoms with Crippen LogP contribution in [-0.4, -0.2) is 36.9 Å². The number of rotatable bonds is 8. The van der Waals surface area contributed by atoms with Gasteiger partial charge < -0.3 is 9.47 Å². The highest BCUT2D eigenvalue weighted by atomic mass is 32.1. The van der Waals surface area contributed by atoms with E-state index >= 15 is 0 Å². The Balaban J connectivity index is 1.35. The lowest BCUT2D eigenvalue weighted by molar-refractivity contribution is 0.102. The SMILES string of the molecule is CC(=O)c1cc(-c2ccc3ccccc3c2Oc2ccc(OCCN3CCCCC3)cc2)cs1. The summed E-state index contributed by atoms with van der Waals surface area (Å²) in [5.41, 5.74) is 1.97. The third-order valence-corrected chi connectivity index (χ3v) is 7.34. The zero-order valence-electron chi connectivity index (χ0n) is 19.5. The number of ketones is 1. The van der Waals surface area contributed by atoms with Gasteiger partial charge in [0, 0.05) is 17.5 Å². The molecule has 5 heteroatoms. The van der Waals surface area contributed by atoms with Crippen molar-refractivity contribution < 1.29 is 14.3 Å². The summed E-state index contributed by atoms with van der Waals surface area (Å²) in [6.45, 7) is 5.64. The number of carbonyl (C=O) groups excluding carboxylic acids is 1. The number of likely N-dealkylation sites (tertiary alicyclic amines) is 1. The molecule has 0 spiro atoms. The highest BCUT2D eigenvalue weighted by Crippen LogP contribution is 2.41. The van der Waals surface area contributed by atoms with Gasteiger partial charge in [-0.3, -0.25) is 9.69 Å². The first-order valence-electron chi connectivity index (χ1n) is 11.9. The molecule has 1 aromatic heterocycles. The zero-order valence-corrected chi connectivity index (χ0v) is 20.3. The van der Waals surface area contributed by atoms with Crippen molar-refractivity contribution in [2.75, 3.05) is 26.2 Å². The number of Topliss-reactive ketones (excluding diaryl/α,β-unsaturated/α-hetero) is 1. The minimum absolute atomic E-state index is 0.0791. The Morgan fingerprint density at radius 1 is 0.941 bits per heavy atom. The molecule has 1 aliphatic rings. The summed E-state index contributed by atoms with van der Waals surface area (Å²) in [7, 11) is 0. The fraction of sp³-hybridized carbons (Fsp3) is 0.276. The number of piperidine rings is 1. The van der Waals surface area contributed by atoms with Crippen LogP contribution < -0.4 is 9.47 Å². The van der Waals surface area contributed by atoms with Crippen molar-refractivity contribution in [2.24, 2.45) is 0 Å². The van der Waals surface area contributed by atoms with Crippen LogP contribution in [0.15, 0.2) is 72.1 Å². The molecule has 0 N–H and O–H groups in total. The standard InChI is InChI=1S/C29H29NO3S/c1-21(31)28-19-23(20-34-28)27-14-9-22-7-3-4-8-26(22)29(27)33-25-12-10-24(11-13-25)32-18-17-30-15-5-2-6-16-30/h3-4,7-14,19-20H,2,5-6,15-18H2,1H3. The molecule has 0 unspecified atom stereocenters. The molecule has 34 heavy (non-hydrogen) atoms. The Labute approximate surface area is 204 Å². The average molecular weight is 472 g/mol. The lowest BCUT2D eigenvalue weighted by atomic mass is 10.0.